The summed E-state index contributed by atoms with van der Waals surface area (Å²) in [5.74, 6) is 0.503. The first-order valence-corrected chi connectivity index (χ1v) is 7.85. The molecule has 2 aromatic rings. The van der Waals surface area contributed by atoms with Crippen LogP contribution >= 0.6 is 39.1 Å². The Morgan fingerprint density at radius 3 is 2.52 bits per heavy atom. The fourth-order valence-corrected chi connectivity index (χ4v) is 2.37. The van der Waals surface area contributed by atoms with Crippen molar-refractivity contribution < 1.29 is 9.84 Å². The molecule has 1 unspecified atom stereocenters. The molecule has 1 atom stereocenters. The number of halogens is 3. The van der Waals surface area contributed by atoms with Gasteiger partial charge in [-0.1, -0.05) is 39.1 Å². The summed E-state index contributed by atoms with van der Waals surface area (Å²) in [4.78, 5) is 0. The average Bonchev–Trinajstić information content (AvgIpc) is 2.46. The van der Waals surface area contributed by atoms with Gasteiger partial charge in [0.05, 0.1) is 5.02 Å². The molecule has 112 valence electrons. The highest BCUT2D eigenvalue weighted by atomic mass is 79.9. The highest BCUT2D eigenvalue weighted by Gasteiger charge is 2.08. The Morgan fingerprint density at radius 1 is 1.14 bits per heavy atom. The molecule has 0 heterocycles. The summed E-state index contributed by atoms with van der Waals surface area (Å²) in [5, 5.41) is 14.0. The van der Waals surface area contributed by atoms with E-state index in [0.29, 0.717) is 22.3 Å². The van der Waals surface area contributed by atoms with Crippen molar-refractivity contribution in [3.63, 3.8) is 0 Å². The van der Waals surface area contributed by atoms with Crippen molar-refractivity contribution in [1.29, 1.82) is 0 Å². The molecule has 0 fully saturated rings. The minimum Gasteiger partial charge on any atom is -0.489 e. The van der Waals surface area contributed by atoms with Crippen molar-refractivity contribution >= 4 is 44.8 Å². The number of nitrogens with one attached hydrogen (secondary N) is 1. The maximum Gasteiger partial charge on any atom is 0.138 e. The van der Waals surface area contributed by atoms with Crippen molar-refractivity contribution in [2.45, 2.75) is 6.10 Å². The molecule has 0 aliphatic rings. The van der Waals surface area contributed by atoms with E-state index in [2.05, 4.69) is 21.2 Å². The number of aliphatic hydroxyl groups is 1. The van der Waals surface area contributed by atoms with Crippen LogP contribution in [0.2, 0.25) is 10.0 Å². The summed E-state index contributed by atoms with van der Waals surface area (Å²) in [6.07, 6.45) is -0.652. The van der Waals surface area contributed by atoms with Crippen LogP contribution in [0.3, 0.4) is 0 Å². The number of hydrogen-bond acceptors (Lipinski definition) is 3. The van der Waals surface area contributed by atoms with E-state index in [9.17, 15) is 5.11 Å². The maximum absolute atomic E-state index is 9.91. The molecule has 0 aliphatic carbocycles. The zero-order chi connectivity index (χ0) is 15.2. The first kappa shape index (κ1) is 16.4. The molecule has 21 heavy (non-hydrogen) atoms. The summed E-state index contributed by atoms with van der Waals surface area (Å²) < 4.78 is 6.48. The number of hydrogen-bond donors (Lipinski definition) is 2. The number of aliphatic hydroxyl groups excluding tert-OH is 1. The molecule has 2 rings (SSSR count). The van der Waals surface area contributed by atoms with Crippen LogP contribution in [0, 0.1) is 0 Å². The van der Waals surface area contributed by atoms with E-state index in [-0.39, 0.29) is 6.61 Å². The molecule has 0 aliphatic heterocycles. The minimum absolute atomic E-state index is 0.144. The van der Waals surface area contributed by atoms with Gasteiger partial charge in [-0.15, -0.1) is 0 Å². The second-order valence-electron chi connectivity index (χ2n) is 4.43. The highest BCUT2D eigenvalue weighted by molar-refractivity contribution is 9.10. The standard InChI is InChI=1S/C15H14BrCl2NO2/c16-10-1-4-12(5-2-10)19-8-13(20)9-21-15-6-3-11(17)7-14(15)18/h1-7,13,19-20H,8-9H2. The summed E-state index contributed by atoms with van der Waals surface area (Å²) in [7, 11) is 0. The first-order chi connectivity index (χ1) is 10.0. The van der Waals surface area contributed by atoms with Gasteiger partial charge in [0.25, 0.3) is 0 Å². The molecule has 0 radical (unpaired) electrons. The number of anilines is 1. The Labute approximate surface area is 142 Å². The largest absolute Gasteiger partial charge is 0.489 e. The Bertz CT molecular complexity index is 593. The van der Waals surface area contributed by atoms with Gasteiger partial charge < -0.3 is 15.2 Å². The average molecular weight is 391 g/mol. The second-order valence-corrected chi connectivity index (χ2v) is 6.19. The highest BCUT2D eigenvalue weighted by Crippen LogP contribution is 2.27. The number of rotatable bonds is 6. The van der Waals surface area contributed by atoms with Gasteiger partial charge in [0.1, 0.15) is 18.5 Å². The van der Waals surface area contributed by atoms with Gasteiger partial charge in [-0.05, 0) is 42.5 Å². The van der Waals surface area contributed by atoms with Gasteiger partial charge >= 0.3 is 0 Å². The predicted octanol–water partition coefficient (Wildman–Crippen LogP) is 4.61. The molecule has 2 N–H and O–H groups in total. The van der Waals surface area contributed by atoms with Crippen molar-refractivity contribution in [1.82, 2.24) is 0 Å². The molecule has 2 aromatic carbocycles. The fraction of sp³-hybridized carbons (Fsp3) is 0.200. The molecule has 0 spiro atoms. The zero-order valence-electron chi connectivity index (χ0n) is 11.0. The van der Waals surface area contributed by atoms with E-state index < -0.39 is 6.10 Å². The van der Waals surface area contributed by atoms with Crippen LogP contribution in [0.25, 0.3) is 0 Å². The normalized spacial score (nSPS) is 12.0. The van der Waals surface area contributed by atoms with E-state index in [1.165, 1.54) is 0 Å². The minimum atomic E-state index is -0.652. The molecule has 0 amide bonds. The lowest BCUT2D eigenvalue weighted by Crippen LogP contribution is -2.26. The third-order valence-electron chi connectivity index (χ3n) is 2.71. The lowest BCUT2D eigenvalue weighted by molar-refractivity contribution is 0.117. The molecule has 0 bridgehead atoms. The Hall–Kier alpha value is -0.940. The molecule has 0 saturated heterocycles. The molecular formula is C15H14BrCl2NO2. The van der Waals surface area contributed by atoms with Crippen LogP contribution < -0.4 is 10.1 Å². The molecule has 3 nitrogen and oxygen atoms in total. The molecule has 0 aromatic heterocycles. The predicted molar refractivity (Wildman–Crippen MR) is 90.6 cm³/mol. The van der Waals surface area contributed by atoms with Crippen molar-refractivity contribution in [2.75, 3.05) is 18.5 Å². The van der Waals surface area contributed by atoms with Crippen molar-refractivity contribution in [3.05, 3.63) is 57.0 Å². The fourth-order valence-electron chi connectivity index (χ4n) is 1.64. The summed E-state index contributed by atoms with van der Waals surface area (Å²) >= 11 is 15.2. The van der Waals surface area contributed by atoms with Gasteiger partial charge in [-0.2, -0.15) is 0 Å². The van der Waals surface area contributed by atoms with E-state index in [0.717, 1.165) is 10.2 Å². The lowest BCUT2D eigenvalue weighted by Gasteiger charge is -2.15. The number of benzene rings is 2. The quantitative estimate of drug-likeness (QED) is 0.756. The van der Waals surface area contributed by atoms with E-state index in [1.54, 1.807) is 18.2 Å². The third kappa shape index (κ3) is 5.40. The smallest absolute Gasteiger partial charge is 0.138 e. The molecule has 0 saturated carbocycles. The Morgan fingerprint density at radius 2 is 1.86 bits per heavy atom. The van der Waals surface area contributed by atoms with Gasteiger partial charge in [0.15, 0.2) is 0 Å². The molecule has 6 heteroatoms. The SMILES string of the molecule is OC(CNc1ccc(Br)cc1)COc1ccc(Cl)cc1Cl. The van der Waals surface area contributed by atoms with Gasteiger partial charge in [-0.3, -0.25) is 0 Å². The van der Waals surface area contributed by atoms with Gasteiger partial charge in [-0.25, -0.2) is 0 Å². The first-order valence-electron chi connectivity index (χ1n) is 6.30. The third-order valence-corrected chi connectivity index (χ3v) is 3.77. The van der Waals surface area contributed by atoms with Crippen LogP contribution in [-0.4, -0.2) is 24.4 Å². The van der Waals surface area contributed by atoms with Crippen LogP contribution in [0.15, 0.2) is 46.9 Å². The van der Waals surface area contributed by atoms with Crippen LogP contribution in [0.1, 0.15) is 0 Å². The summed E-state index contributed by atoms with van der Waals surface area (Å²) in [6.45, 7) is 0.526. The van der Waals surface area contributed by atoms with Crippen LogP contribution in [0.5, 0.6) is 5.75 Å². The summed E-state index contributed by atoms with van der Waals surface area (Å²) in [6, 6.07) is 12.7. The Kier molecular flexibility index (Phi) is 6.18. The maximum atomic E-state index is 9.91. The van der Waals surface area contributed by atoms with Gasteiger partial charge in [0, 0.05) is 21.7 Å². The Balaban J connectivity index is 1.79. The second kappa shape index (κ2) is 7.90. The van der Waals surface area contributed by atoms with Gasteiger partial charge in [0.2, 0.25) is 0 Å². The van der Waals surface area contributed by atoms with Crippen LogP contribution in [-0.2, 0) is 0 Å². The van der Waals surface area contributed by atoms with E-state index in [4.69, 9.17) is 27.9 Å². The molecular weight excluding hydrogens is 377 g/mol. The van der Waals surface area contributed by atoms with Crippen molar-refractivity contribution in [3.8, 4) is 5.75 Å². The number of ether oxygens (including phenoxy) is 1. The monoisotopic (exact) mass is 389 g/mol. The summed E-state index contributed by atoms with van der Waals surface area (Å²) in [5.41, 5.74) is 0.932. The lowest BCUT2D eigenvalue weighted by atomic mass is 10.3. The van der Waals surface area contributed by atoms with Crippen LogP contribution in [0.4, 0.5) is 5.69 Å². The van der Waals surface area contributed by atoms with Crippen molar-refractivity contribution in [2.24, 2.45) is 0 Å². The van der Waals surface area contributed by atoms with E-state index in [1.807, 2.05) is 24.3 Å². The van der Waals surface area contributed by atoms with E-state index >= 15 is 0 Å². The zero-order valence-corrected chi connectivity index (χ0v) is 14.1. The topological polar surface area (TPSA) is 41.5 Å².